The molecule has 0 radical (unpaired) electrons. The Labute approximate surface area is 133 Å². The van der Waals surface area contributed by atoms with Crippen LogP contribution in [-0.2, 0) is 12.0 Å². The highest BCUT2D eigenvalue weighted by atomic mass is 32.1. The fourth-order valence-corrected chi connectivity index (χ4v) is 4.34. The summed E-state index contributed by atoms with van der Waals surface area (Å²) in [7, 11) is 0. The van der Waals surface area contributed by atoms with Crippen molar-refractivity contribution < 1.29 is 0 Å². The second-order valence-electron chi connectivity index (χ2n) is 6.83. The van der Waals surface area contributed by atoms with Crippen molar-refractivity contribution in [3.63, 3.8) is 0 Å². The minimum Gasteiger partial charge on any atom is -0.346 e. The molecule has 5 heteroatoms. The van der Waals surface area contributed by atoms with Gasteiger partial charge in [0.25, 0.3) is 0 Å². The zero-order chi connectivity index (χ0) is 15.6. The number of anilines is 1. The first-order valence-electron chi connectivity index (χ1n) is 8.09. The molecule has 120 valence electrons. The highest BCUT2D eigenvalue weighted by Gasteiger charge is 2.30. The molecule has 1 saturated heterocycles. The summed E-state index contributed by atoms with van der Waals surface area (Å²) in [6.45, 7) is 16.2. The molecule has 0 aromatic carbocycles. The first-order valence-corrected chi connectivity index (χ1v) is 8.91. The SMILES string of the molecule is CCN(CC)C1CCN(c2nc(C(C)(C)C)c(CN)s2)C1. The van der Waals surface area contributed by atoms with Crippen molar-refractivity contribution in [2.75, 3.05) is 31.1 Å². The molecule has 1 fully saturated rings. The van der Waals surface area contributed by atoms with Crippen LogP contribution in [0.1, 0.15) is 51.6 Å². The fourth-order valence-electron chi connectivity index (χ4n) is 3.15. The van der Waals surface area contributed by atoms with Crippen LogP contribution in [0.4, 0.5) is 5.13 Å². The highest BCUT2D eigenvalue weighted by molar-refractivity contribution is 7.15. The summed E-state index contributed by atoms with van der Waals surface area (Å²) < 4.78 is 0. The minimum atomic E-state index is 0.0709. The van der Waals surface area contributed by atoms with Gasteiger partial charge in [-0.2, -0.15) is 0 Å². The van der Waals surface area contributed by atoms with Crippen LogP contribution in [0.25, 0.3) is 0 Å². The third kappa shape index (κ3) is 3.58. The van der Waals surface area contributed by atoms with Crippen LogP contribution < -0.4 is 10.6 Å². The van der Waals surface area contributed by atoms with Gasteiger partial charge in [0.05, 0.1) is 5.69 Å². The van der Waals surface area contributed by atoms with Crippen molar-refractivity contribution in [1.29, 1.82) is 0 Å². The number of aromatic nitrogens is 1. The number of hydrogen-bond acceptors (Lipinski definition) is 5. The number of nitrogens with two attached hydrogens (primary N) is 1. The van der Waals surface area contributed by atoms with Gasteiger partial charge in [0.15, 0.2) is 5.13 Å². The first kappa shape index (κ1) is 16.7. The third-order valence-corrected chi connectivity index (χ3v) is 5.48. The molecule has 1 unspecified atom stereocenters. The third-order valence-electron chi connectivity index (χ3n) is 4.34. The lowest BCUT2D eigenvalue weighted by Gasteiger charge is -2.26. The predicted octanol–water partition coefficient (Wildman–Crippen LogP) is 2.82. The predicted molar refractivity (Wildman–Crippen MR) is 92.2 cm³/mol. The molecule has 0 aliphatic carbocycles. The zero-order valence-corrected chi connectivity index (χ0v) is 15.0. The van der Waals surface area contributed by atoms with Gasteiger partial charge in [-0.15, -0.1) is 11.3 Å². The lowest BCUT2D eigenvalue weighted by Crippen LogP contribution is -2.37. The molecule has 0 saturated carbocycles. The van der Waals surface area contributed by atoms with E-state index in [-0.39, 0.29) is 5.41 Å². The molecule has 1 aliphatic rings. The number of rotatable bonds is 5. The summed E-state index contributed by atoms with van der Waals surface area (Å²) in [5.41, 5.74) is 7.17. The molecular formula is C16H30N4S. The molecule has 2 rings (SSSR count). The van der Waals surface area contributed by atoms with Gasteiger partial charge in [0.2, 0.25) is 0 Å². The standard InChI is InChI=1S/C16H30N4S/c1-6-19(7-2)12-8-9-20(11-12)15-18-14(16(3,4)5)13(10-17)21-15/h12H,6-11,17H2,1-5H3. The molecule has 0 amide bonds. The van der Waals surface area contributed by atoms with Gasteiger partial charge >= 0.3 is 0 Å². The Kier molecular flexibility index (Phi) is 5.28. The van der Waals surface area contributed by atoms with E-state index in [1.165, 1.54) is 17.0 Å². The average molecular weight is 311 g/mol. The van der Waals surface area contributed by atoms with Gasteiger partial charge in [-0.05, 0) is 19.5 Å². The van der Waals surface area contributed by atoms with E-state index in [1.807, 2.05) is 0 Å². The van der Waals surface area contributed by atoms with Crippen molar-refractivity contribution in [2.24, 2.45) is 5.73 Å². The molecule has 1 atom stereocenters. The van der Waals surface area contributed by atoms with Crippen LogP contribution in [-0.4, -0.2) is 42.1 Å². The quantitative estimate of drug-likeness (QED) is 0.908. The molecule has 1 aromatic heterocycles. The van der Waals surface area contributed by atoms with Crippen LogP contribution >= 0.6 is 11.3 Å². The molecule has 1 aromatic rings. The number of nitrogens with zero attached hydrogens (tertiary/aromatic N) is 3. The van der Waals surface area contributed by atoms with Gasteiger partial charge in [-0.1, -0.05) is 34.6 Å². The summed E-state index contributed by atoms with van der Waals surface area (Å²) in [5.74, 6) is 0. The Morgan fingerprint density at radius 1 is 1.33 bits per heavy atom. The maximum atomic E-state index is 5.92. The average Bonchev–Trinajstić information content (AvgIpc) is 3.05. The van der Waals surface area contributed by atoms with E-state index in [4.69, 9.17) is 10.7 Å². The summed E-state index contributed by atoms with van der Waals surface area (Å²) in [6.07, 6.45) is 1.24. The van der Waals surface area contributed by atoms with Gasteiger partial charge < -0.3 is 10.6 Å². The van der Waals surface area contributed by atoms with E-state index in [0.717, 1.165) is 31.3 Å². The minimum absolute atomic E-state index is 0.0709. The van der Waals surface area contributed by atoms with Crippen LogP contribution in [0.5, 0.6) is 0 Å². The molecule has 1 aliphatic heterocycles. The summed E-state index contributed by atoms with van der Waals surface area (Å²) in [4.78, 5) is 11.2. The Balaban J connectivity index is 2.15. The summed E-state index contributed by atoms with van der Waals surface area (Å²) in [5, 5.41) is 1.16. The van der Waals surface area contributed by atoms with E-state index in [0.29, 0.717) is 12.6 Å². The lowest BCUT2D eigenvalue weighted by atomic mass is 9.91. The first-order chi connectivity index (χ1) is 9.90. The van der Waals surface area contributed by atoms with E-state index in [2.05, 4.69) is 44.4 Å². The Morgan fingerprint density at radius 3 is 2.48 bits per heavy atom. The maximum absolute atomic E-state index is 5.92. The monoisotopic (exact) mass is 310 g/mol. The van der Waals surface area contributed by atoms with Crippen LogP contribution in [0.15, 0.2) is 0 Å². The smallest absolute Gasteiger partial charge is 0.185 e. The van der Waals surface area contributed by atoms with Crippen molar-refractivity contribution in [2.45, 2.75) is 59.0 Å². The van der Waals surface area contributed by atoms with Crippen LogP contribution in [0, 0.1) is 0 Å². The normalized spacial score (nSPS) is 19.8. The largest absolute Gasteiger partial charge is 0.346 e. The maximum Gasteiger partial charge on any atom is 0.185 e. The van der Waals surface area contributed by atoms with Crippen molar-refractivity contribution >= 4 is 16.5 Å². The second-order valence-corrected chi connectivity index (χ2v) is 7.89. The van der Waals surface area contributed by atoms with Crippen LogP contribution in [0.3, 0.4) is 0 Å². The van der Waals surface area contributed by atoms with Crippen molar-refractivity contribution in [3.05, 3.63) is 10.6 Å². The van der Waals surface area contributed by atoms with E-state index in [9.17, 15) is 0 Å². The highest BCUT2D eigenvalue weighted by Crippen LogP contribution is 2.35. The second kappa shape index (κ2) is 6.63. The molecule has 2 heterocycles. The van der Waals surface area contributed by atoms with E-state index >= 15 is 0 Å². The number of thiazole rings is 1. The fraction of sp³-hybridized carbons (Fsp3) is 0.812. The molecule has 4 nitrogen and oxygen atoms in total. The van der Waals surface area contributed by atoms with E-state index < -0.39 is 0 Å². The summed E-state index contributed by atoms with van der Waals surface area (Å²) >= 11 is 1.78. The van der Waals surface area contributed by atoms with Gasteiger partial charge in [-0.25, -0.2) is 4.98 Å². The summed E-state index contributed by atoms with van der Waals surface area (Å²) in [6, 6.07) is 0.670. The molecule has 0 spiro atoms. The number of hydrogen-bond donors (Lipinski definition) is 1. The molecule has 2 N–H and O–H groups in total. The Bertz CT molecular complexity index is 459. The van der Waals surface area contributed by atoms with Crippen molar-refractivity contribution in [3.8, 4) is 0 Å². The lowest BCUT2D eigenvalue weighted by molar-refractivity contribution is 0.232. The zero-order valence-electron chi connectivity index (χ0n) is 14.1. The van der Waals surface area contributed by atoms with Crippen LogP contribution in [0.2, 0.25) is 0 Å². The molecule has 0 bridgehead atoms. The molecule has 21 heavy (non-hydrogen) atoms. The van der Waals surface area contributed by atoms with Gasteiger partial charge in [0, 0.05) is 36.0 Å². The molecular weight excluding hydrogens is 280 g/mol. The van der Waals surface area contributed by atoms with Crippen molar-refractivity contribution in [1.82, 2.24) is 9.88 Å². The van der Waals surface area contributed by atoms with Gasteiger partial charge in [0.1, 0.15) is 0 Å². The van der Waals surface area contributed by atoms with E-state index in [1.54, 1.807) is 11.3 Å². The van der Waals surface area contributed by atoms with Gasteiger partial charge in [-0.3, -0.25) is 4.90 Å². The number of likely N-dealkylation sites (N-methyl/N-ethyl adjacent to an activating group) is 1. The Hall–Kier alpha value is -0.650. The Morgan fingerprint density at radius 2 is 2.00 bits per heavy atom. The topological polar surface area (TPSA) is 45.4 Å².